The molecule has 0 saturated carbocycles. The van der Waals surface area contributed by atoms with Gasteiger partial charge in [0.05, 0.1) is 15.6 Å². The molecule has 0 fully saturated rings. The maximum absolute atomic E-state index is 12.2. The first-order valence-corrected chi connectivity index (χ1v) is 9.51. The average molecular weight is 447 g/mol. The molecule has 124 valence electrons. The zero-order chi connectivity index (χ0) is 16.9. The Morgan fingerprint density at radius 2 is 1.83 bits per heavy atom. The van der Waals surface area contributed by atoms with E-state index in [1.54, 1.807) is 19.2 Å². The van der Waals surface area contributed by atoms with Crippen molar-refractivity contribution in [3.8, 4) is 11.5 Å². The Labute approximate surface area is 150 Å². The Hall–Kier alpha value is -1.32. The molecular weight excluding hydrogens is 429 g/mol. The van der Waals surface area contributed by atoms with Crippen LogP contribution in [0.4, 0.5) is 0 Å². The van der Waals surface area contributed by atoms with Gasteiger partial charge >= 0.3 is 0 Å². The summed E-state index contributed by atoms with van der Waals surface area (Å²) in [6.45, 7) is 2.45. The van der Waals surface area contributed by atoms with Gasteiger partial charge in [0.15, 0.2) is 0 Å². The van der Waals surface area contributed by atoms with Crippen molar-refractivity contribution in [2.45, 2.75) is 11.8 Å². The second kappa shape index (κ2) is 7.98. The number of methoxy groups -OCH3 is 1. The molecule has 0 radical (unpaired) electrons. The molecule has 2 rings (SSSR count). The van der Waals surface area contributed by atoms with E-state index in [-0.39, 0.29) is 18.0 Å². The van der Waals surface area contributed by atoms with Crippen LogP contribution in [0.25, 0.3) is 0 Å². The molecule has 0 aliphatic carbocycles. The van der Waals surface area contributed by atoms with E-state index < -0.39 is 10.0 Å². The normalized spacial score (nSPS) is 11.3. The second-order valence-electron chi connectivity index (χ2n) is 4.86. The highest BCUT2D eigenvalue weighted by atomic mass is 127. The van der Waals surface area contributed by atoms with Crippen LogP contribution in [0, 0.1) is 10.5 Å². The Morgan fingerprint density at radius 3 is 2.43 bits per heavy atom. The van der Waals surface area contributed by atoms with Gasteiger partial charge in [-0.25, -0.2) is 13.1 Å². The minimum atomic E-state index is -3.56. The third-order valence-electron chi connectivity index (χ3n) is 3.12. The van der Waals surface area contributed by atoms with Crippen molar-refractivity contribution in [3.05, 3.63) is 51.6 Å². The summed E-state index contributed by atoms with van der Waals surface area (Å²) in [6.07, 6.45) is 0. The number of ether oxygens (including phenoxy) is 2. The maximum Gasteiger partial charge on any atom is 0.240 e. The Bertz CT molecular complexity index is 760. The number of rotatable bonds is 7. The minimum absolute atomic E-state index is 0.193. The topological polar surface area (TPSA) is 64.6 Å². The van der Waals surface area contributed by atoms with E-state index in [9.17, 15) is 8.42 Å². The van der Waals surface area contributed by atoms with E-state index in [0.717, 1.165) is 9.13 Å². The molecule has 0 saturated heterocycles. The highest BCUT2D eigenvalue weighted by Crippen LogP contribution is 2.23. The lowest BCUT2D eigenvalue weighted by Gasteiger charge is -2.10. The van der Waals surface area contributed by atoms with E-state index in [1.807, 2.05) is 53.8 Å². The molecule has 0 aliphatic rings. The van der Waals surface area contributed by atoms with Gasteiger partial charge in [0.1, 0.15) is 18.1 Å². The molecule has 1 N–H and O–H groups in total. The molecule has 0 heterocycles. The van der Waals surface area contributed by atoms with Crippen LogP contribution in [0.5, 0.6) is 11.5 Å². The largest absolute Gasteiger partial charge is 0.496 e. The van der Waals surface area contributed by atoms with E-state index >= 15 is 0 Å². The Kier molecular flexibility index (Phi) is 6.25. The van der Waals surface area contributed by atoms with Crippen molar-refractivity contribution in [3.63, 3.8) is 0 Å². The summed E-state index contributed by atoms with van der Waals surface area (Å²) in [5, 5.41) is 0. The van der Waals surface area contributed by atoms with Gasteiger partial charge in [0.2, 0.25) is 10.0 Å². The standard InChI is InChI=1S/C16H18INO4S/c1-12-3-5-13(6-4-12)22-10-9-18-23(19,20)14-7-8-16(21-2)15(17)11-14/h3-8,11,18H,9-10H2,1-2H3. The molecule has 0 amide bonds. The van der Waals surface area contributed by atoms with Gasteiger partial charge in [-0.1, -0.05) is 17.7 Å². The fraction of sp³-hybridized carbons (Fsp3) is 0.250. The summed E-state index contributed by atoms with van der Waals surface area (Å²) in [5.41, 5.74) is 1.15. The number of benzene rings is 2. The highest BCUT2D eigenvalue weighted by Gasteiger charge is 2.15. The Morgan fingerprint density at radius 1 is 1.13 bits per heavy atom. The van der Waals surface area contributed by atoms with Crippen molar-refractivity contribution in [2.75, 3.05) is 20.3 Å². The molecule has 2 aromatic carbocycles. The van der Waals surface area contributed by atoms with Gasteiger partial charge in [-0.2, -0.15) is 0 Å². The average Bonchev–Trinajstić information content (AvgIpc) is 2.53. The summed E-state index contributed by atoms with van der Waals surface area (Å²) < 4.78 is 38.4. The van der Waals surface area contributed by atoms with E-state index in [1.165, 1.54) is 6.07 Å². The summed E-state index contributed by atoms with van der Waals surface area (Å²) in [6, 6.07) is 12.3. The molecule has 0 unspecified atom stereocenters. The second-order valence-corrected chi connectivity index (χ2v) is 7.78. The van der Waals surface area contributed by atoms with E-state index in [0.29, 0.717) is 11.5 Å². The third-order valence-corrected chi connectivity index (χ3v) is 5.42. The first kappa shape index (κ1) is 18.0. The van der Waals surface area contributed by atoms with Crippen LogP contribution < -0.4 is 14.2 Å². The van der Waals surface area contributed by atoms with Crippen LogP contribution >= 0.6 is 22.6 Å². The molecule has 23 heavy (non-hydrogen) atoms. The molecule has 5 nitrogen and oxygen atoms in total. The van der Waals surface area contributed by atoms with Gasteiger partial charge in [-0.3, -0.25) is 0 Å². The SMILES string of the molecule is COc1ccc(S(=O)(=O)NCCOc2ccc(C)cc2)cc1I. The van der Waals surface area contributed by atoms with Gasteiger partial charge in [0.25, 0.3) is 0 Å². The fourth-order valence-electron chi connectivity index (χ4n) is 1.88. The number of hydrogen-bond acceptors (Lipinski definition) is 4. The predicted molar refractivity (Wildman–Crippen MR) is 97.6 cm³/mol. The van der Waals surface area contributed by atoms with Crippen molar-refractivity contribution in [1.29, 1.82) is 0 Å². The van der Waals surface area contributed by atoms with Crippen LogP contribution in [0.2, 0.25) is 0 Å². The quantitative estimate of drug-likeness (QED) is 0.524. The molecule has 2 aromatic rings. The highest BCUT2D eigenvalue weighted by molar-refractivity contribution is 14.1. The number of halogens is 1. The zero-order valence-corrected chi connectivity index (χ0v) is 15.8. The van der Waals surface area contributed by atoms with Crippen LogP contribution in [0.3, 0.4) is 0 Å². The van der Waals surface area contributed by atoms with E-state index in [4.69, 9.17) is 9.47 Å². The summed E-state index contributed by atoms with van der Waals surface area (Å²) in [5.74, 6) is 1.36. The van der Waals surface area contributed by atoms with Gasteiger partial charge in [-0.05, 0) is 59.8 Å². The van der Waals surface area contributed by atoms with Gasteiger partial charge in [0, 0.05) is 6.54 Å². The molecule has 0 atom stereocenters. The first-order chi connectivity index (χ1) is 10.9. The summed E-state index contributed by atoms with van der Waals surface area (Å²) in [7, 11) is -2.01. The van der Waals surface area contributed by atoms with Gasteiger partial charge < -0.3 is 9.47 Å². The summed E-state index contributed by atoms with van der Waals surface area (Å²) in [4.78, 5) is 0.207. The lowest BCUT2D eigenvalue weighted by molar-refractivity contribution is 0.323. The lowest BCUT2D eigenvalue weighted by Crippen LogP contribution is -2.28. The molecule has 0 bridgehead atoms. The number of nitrogens with one attached hydrogen (secondary N) is 1. The maximum atomic E-state index is 12.2. The molecule has 0 spiro atoms. The van der Waals surface area contributed by atoms with Gasteiger partial charge in [-0.15, -0.1) is 0 Å². The van der Waals surface area contributed by atoms with Crippen molar-refractivity contribution < 1.29 is 17.9 Å². The zero-order valence-electron chi connectivity index (χ0n) is 12.9. The lowest BCUT2D eigenvalue weighted by atomic mass is 10.2. The van der Waals surface area contributed by atoms with E-state index in [2.05, 4.69) is 4.72 Å². The Balaban J connectivity index is 1.91. The smallest absolute Gasteiger partial charge is 0.240 e. The fourth-order valence-corrected chi connectivity index (χ4v) is 3.86. The summed E-state index contributed by atoms with van der Waals surface area (Å²) >= 11 is 2.04. The van der Waals surface area contributed by atoms with Crippen LogP contribution in [-0.2, 0) is 10.0 Å². The molecule has 0 aliphatic heterocycles. The van der Waals surface area contributed by atoms with Crippen molar-refractivity contribution >= 4 is 32.6 Å². The number of sulfonamides is 1. The molecule has 0 aromatic heterocycles. The van der Waals surface area contributed by atoms with Crippen LogP contribution in [-0.4, -0.2) is 28.7 Å². The van der Waals surface area contributed by atoms with Crippen LogP contribution in [0.15, 0.2) is 47.4 Å². The molecule has 7 heteroatoms. The van der Waals surface area contributed by atoms with Crippen molar-refractivity contribution in [2.24, 2.45) is 0 Å². The monoisotopic (exact) mass is 447 g/mol. The van der Waals surface area contributed by atoms with Crippen molar-refractivity contribution in [1.82, 2.24) is 4.72 Å². The minimum Gasteiger partial charge on any atom is -0.496 e. The number of hydrogen-bond donors (Lipinski definition) is 1. The predicted octanol–water partition coefficient (Wildman–Crippen LogP) is 2.97. The number of aryl methyl sites for hydroxylation is 1. The third kappa shape index (κ3) is 5.08. The van der Waals surface area contributed by atoms with Crippen LogP contribution in [0.1, 0.15) is 5.56 Å². The first-order valence-electron chi connectivity index (χ1n) is 6.95. The molecular formula is C16H18INO4S.